The number of phenols is 1. The van der Waals surface area contributed by atoms with Crippen LogP contribution >= 0.6 is 0 Å². The van der Waals surface area contributed by atoms with Crippen molar-refractivity contribution in [2.45, 2.75) is 23.8 Å². The molecular formula is C21H18ClN5O5. The molecule has 1 aliphatic carbocycles. The Hall–Kier alpha value is -3.28. The van der Waals surface area contributed by atoms with E-state index in [1.165, 1.54) is 16.8 Å². The van der Waals surface area contributed by atoms with Crippen molar-refractivity contribution < 1.29 is 38.6 Å². The summed E-state index contributed by atoms with van der Waals surface area (Å²) in [6, 6.07) is 16.4. The van der Waals surface area contributed by atoms with Gasteiger partial charge in [-0.1, -0.05) is 6.07 Å². The number of benzene rings is 1. The third kappa shape index (κ3) is 3.25. The summed E-state index contributed by atoms with van der Waals surface area (Å²) in [5.41, 5.74) is 5.45. The number of H-pyrrole nitrogens is 2. The maximum atomic E-state index is 10.2. The van der Waals surface area contributed by atoms with E-state index < -0.39 is 10.2 Å². The van der Waals surface area contributed by atoms with Gasteiger partial charge in [-0.25, -0.2) is 18.6 Å². The van der Waals surface area contributed by atoms with Gasteiger partial charge in [0.1, 0.15) is 5.75 Å². The number of pyridine rings is 1. The number of hydrogen-bond acceptors (Lipinski definition) is 7. The van der Waals surface area contributed by atoms with Crippen LogP contribution in [0.4, 0.5) is 0 Å². The van der Waals surface area contributed by atoms with Gasteiger partial charge in [-0.05, 0) is 35.9 Å². The molecule has 164 valence electrons. The molecule has 3 aliphatic rings. The number of rotatable bonds is 2. The molecule has 0 saturated carbocycles. The molecule has 2 unspecified atom stereocenters. The number of aromatic amines is 2. The van der Waals surface area contributed by atoms with Crippen LogP contribution in [0.1, 0.15) is 46.6 Å². The van der Waals surface area contributed by atoms with Crippen LogP contribution in [0.2, 0.25) is 0 Å². The molecule has 2 atom stereocenters. The summed E-state index contributed by atoms with van der Waals surface area (Å²) in [4.78, 5) is 0. The molecule has 3 aromatic heterocycles. The van der Waals surface area contributed by atoms with E-state index in [1.807, 2.05) is 6.07 Å². The average Bonchev–Trinajstić information content (AvgIpc) is 3.47. The fourth-order valence-electron chi connectivity index (χ4n) is 5.26. The summed E-state index contributed by atoms with van der Waals surface area (Å²) in [7, 11) is -4.94. The highest BCUT2D eigenvalue weighted by Gasteiger charge is 2.60. The Morgan fingerprint density at radius 1 is 0.938 bits per heavy atom. The Morgan fingerprint density at radius 3 is 2.19 bits per heavy atom. The number of nitrogens with one attached hydrogen (secondary N) is 2. The van der Waals surface area contributed by atoms with Gasteiger partial charge in [0.15, 0.2) is 17.9 Å². The Balaban J connectivity index is 0.000000393. The smallest absolute Gasteiger partial charge is 0.190 e. The minimum absolute atomic E-state index is 0.0340. The van der Waals surface area contributed by atoms with Gasteiger partial charge >= 0.3 is 0 Å². The van der Waals surface area contributed by atoms with E-state index in [-0.39, 0.29) is 17.4 Å². The molecule has 0 radical (unpaired) electrons. The van der Waals surface area contributed by atoms with E-state index in [4.69, 9.17) is 18.6 Å². The monoisotopic (exact) mass is 455 g/mol. The van der Waals surface area contributed by atoms with Crippen LogP contribution in [-0.4, -0.2) is 25.5 Å². The molecular weight excluding hydrogens is 438 g/mol. The molecule has 3 N–H and O–H groups in total. The fraction of sp³-hybridized carbons (Fsp3) is 0.190. The molecule has 10 nitrogen and oxygen atoms in total. The molecule has 4 aromatic rings. The lowest BCUT2D eigenvalue weighted by atomic mass is 9.55. The minimum atomic E-state index is -4.94. The van der Waals surface area contributed by atoms with Crippen molar-refractivity contribution in [1.29, 1.82) is 0 Å². The maximum Gasteiger partial charge on any atom is 0.190 e. The predicted molar refractivity (Wildman–Crippen MR) is 97.3 cm³/mol. The SMILES string of the molecule is Oc1ccc2c(c1)C1c3cccc[n+]3C2CC1(c1ccn[nH]1)c1ccn[nH]1.[O-][Cl+3]([O-])([O-])[O-]. The van der Waals surface area contributed by atoms with Gasteiger partial charge in [-0.15, -0.1) is 10.2 Å². The van der Waals surface area contributed by atoms with Gasteiger partial charge in [-0.2, -0.15) is 14.8 Å². The predicted octanol–water partition coefficient (Wildman–Crippen LogP) is -2.21. The van der Waals surface area contributed by atoms with Gasteiger partial charge in [0, 0.05) is 47.9 Å². The highest BCUT2D eigenvalue weighted by molar-refractivity contribution is 5.53. The normalized spacial score (nSPS) is 20.1. The van der Waals surface area contributed by atoms with Crippen LogP contribution in [0.3, 0.4) is 0 Å². The third-order valence-corrected chi connectivity index (χ3v) is 6.27. The molecule has 5 heterocycles. The molecule has 2 aliphatic heterocycles. The van der Waals surface area contributed by atoms with Crippen molar-refractivity contribution in [3.05, 3.63) is 95.3 Å². The van der Waals surface area contributed by atoms with Gasteiger partial charge in [0.05, 0.1) is 11.3 Å². The molecule has 0 amide bonds. The van der Waals surface area contributed by atoms with Gasteiger partial charge in [0.25, 0.3) is 0 Å². The number of nitrogens with zero attached hydrogens (tertiary/aromatic N) is 3. The number of hydrogen-bond donors (Lipinski definition) is 3. The van der Waals surface area contributed by atoms with E-state index in [9.17, 15) is 5.11 Å². The Labute approximate surface area is 184 Å². The number of halogens is 1. The van der Waals surface area contributed by atoms with Crippen LogP contribution in [0.5, 0.6) is 5.75 Å². The second kappa shape index (κ2) is 7.40. The first kappa shape index (κ1) is 20.6. The Bertz CT molecular complexity index is 1200. The van der Waals surface area contributed by atoms with Crippen molar-refractivity contribution in [3.8, 4) is 5.75 Å². The first-order valence-electron chi connectivity index (χ1n) is 9.73. The molecule has 0 fully saturated rings. The number of fused-ring (bicyclic) bond motifs is 1. The molecule has 11 heteroatoms. The van der Waals surface area contributed by atoms with Crippen LogP contribution in [0, 0.1) is 10.2 Å². The number of aromatic hydroxyl groups is 1. The van der Waals surface area contributed by atoms with Gasteiger partial charge in [-0.3, -0.25) is 10.2 Å². The third-order valence-electron chi connectivity index (χ3n) is 6.27. The van der Waals surface area contributed by atoms with E-state index in [2.05, 4.69) is 67.6 Å². The summed E-state index contributed by atoms with van der Waals surface area (Å²) < 4.78 is 36.3. The molecule has 7 rings (SSSR count). The molecule has 0 spiro atoms. The second-order valence-corrected chi connectivity index (χ2v) is 8.54. The highest BCUT2D eigenvalue weighted by atomic mass is 35.7. The molecule has 2 bridgehead atoms. The topological polar surface area (TPSA) is 174 Å². The zero-order valence-electron chi connectivity index (χ0n) is 16.5. The van der Waals surface area contributed by atoms with Gasteiger partial charge in [0.2, 0.25) is 0 Å². The van der Waals surface area contributed by atoms with Crippen LogP contribution in [-0.2, 0) is 5.41 Å². The van der Waals surface area contributed by atoms with E-state index in [0.717, 1.165) is 17.8 Å². The standard InChI is InChI=1S/C21H17N5O.ClHO4/c27-13-4-5-14-15(11-13)20-16-3-1-2-10-26(16)17(14)12-21(20,18-6-8-22-24-18)19-7-9-23-25-19;2-1(3,4)5/h1-11,17,20H,12H2,(H2-,22,23,24,25,27);(H,2,3,4,5). The van der Waals surface area contributed by atoms with E-state index in [1.54, 1.807) is 18.5 Å². The summed E-state index contributed by atoms with van der Waals surface area (Å²) in [5, 5.41) is 25.2. The molecule has 0 saturated heterocycles. The largest absolute Gasteiger partial charge is 0.508 e. The fourth-order valence-corrected chi connectivity index (χ4v) is 5.26. The average molecular weight is 456 g/mol. The summed E-state index contributed by atoms with van der Waals surface area (Å²) in [5.74, 6) is 0.332. The molecule has 1 aromatic carbocycles. The Kier molecular flexibility index (Phi) is 4.77. The van der Waals surface area contributed by atoms with Gasteiger partial charge < -0.3 is 5.11 Å². The zero-order valence-corrected chi connectivity index (χ0v) is 17.3. The summed E-state index contributed by atoms with van der Waals surface area (Å²) in [6.07, 6.45) is 6.66. The Morgan fingerprint density at radius 2 is 1.59 bits per heavy atom. The first-order chi connectivity index (χ1) is 15.3. The molecule has 32 heavy (non-hydrogen) atoms. The number of phenolic OH excluding ortho intramolecular Hbond substituents is 1. The lowest BCUT2D eigenvalue weighted by Gasteiger charge is -2.48. The quantitative estimate of drug-likeness (QED) is 0.287. The number of aromatic nitrogens is 5. The zero-order chi connectivity index (χ0) is 22.5. The van der Waals surface area contributed by atoms with Crippen molar-refractivity contribution in [3.63, 3.8) is 0 Å². The highest BCUT2D eigenvalue weighted by Crippen LogP contribution is 2.58. The van der Waals surface area contributed by atoms with Crippen LogP contribution in [0.15, 0.2) is 67.1 Å². The minimum Gasteiger partial charge on any atom is -0.508 e. The summed E-state index contributed by atoms with van der Waals surface area (Å²) in [6.45, 7) is 0. The lowest BCUT2D eigenvalue weighted by Crippen LogP contribution is -2.68. The maximum absolute atomic E-state index is 10.2. The van der Waals surface area contributed by atoms with Crippen molar-refractivity contribution in [1.82, 2.24) is 20.4 Å². The second-order valence-electron chi connectivity index (χ2n) is 7.79. The van der Waals surface area contributed by atoms with Crippen molar-refractivity contribution >= 4 is 0 Å². The first-order valence-corrected chi connectivity index (χ1v) is 11.0. The van der Waals surface area contributed by atoms with Crippen LogP contribution < -0.4 is 23.2 Å². The van der Waals surface area contributed by atoms with Crippen molar-refractivity contribution in [2.75, 3.05) is 0 Å². The van der Waals surface area contributed by atoms with E-state index >= 15 is 0 Å². The van der Waals surface area contributed by atoms with E-state index in [0.29, 0.717) is 5.75 Å². The summed E-state index contributed by atoms with van der Waals surface area (Å²) >= 11 is 0. The van der Waals surface area contributed by atoms with Crippen molar-refractivity contribution in [2.24, 2.45) is 0 Å². The lowest BCUT2D eigenvalue weighted by molar-refractivity contribution is -2.00. The van der Waals surface area contributed by atoms with Crippen LogP contribution in [0.25, 0.3) is 0 Å².